The van der Waals surface area contributed by atoms with Gasteiger partial charge in [-0.15, -0.1) is 0 Å². The average molecular weight is 300 g/mol. The van der Waals surface area contributed by atoms with E-state index in [1.165, 1.54) is 69.2 Å². The monoisotopic (exact) mass is 300 g/mol. The number of benzene rings is 1. The molecule has 0 amide bonds. The Morgan fingerprint density at radius 1 is 1.00 bits per heavy atom. The second kappa shape index (κ2) is 7.61. The molecule has 2 nitrogen and oxygen atoms in total. The van der Waals surface area contributed by atoms with Crippen molar-refractivity contribution in [1.29, 1.82) is 0 Å². The summed E-state index contributed by atoms with van der Waals surface area (Å²) in [5.41, 5.74) is 2.86. The van der Waals surface area contributed by atoms with Gasteiger partial charge < -0.3 is 10.2 Å². The fourth-order valence-electron chi connectivity index (χ4n) is 4.37. The van der Waals surface area contributed by atoms with Gasteiger partial charge in [0.25, 0.3) is 0 Å². The minimum atomic E-state index is 0.692. The maximum absolute atomic E-state index is 3.97. The van der Waals surface area contributed by atoms with Gasteiger partial charge in [0.05, 0.1) is 0 Å². The number of nitrogens with one attached hydrogen (secondary N) is 1. The van der Waals surface area contributed by atoms with Crippen LogP contribution in [0.1, 0.15) is 49.7 Å². The number of hydrogen-bond donors (Lipinski definition) is 1. The Hall–Kier alpha value is -0.860. The van der Waals surface area contributed by atoms with Gasteiger partial charge in [-0.05, 0) is 51.1 Å². The van der Waals surface area contributed by atoms with Crippen LogP contribution in [-0.4, -0.2) is 37.1 Å². The molecular formula is C20H32N2. The molecule has 1 aliphatic heterocycles. The average Bonchev–Trinajstić information content (AvgIpc) is 2.50. The predicted molar refractivity (Wildman–Crippen MR) is 94.3 cm³/mol. The van der Waals surface area contributed by atoms with Gasteiger partial charge in [0.2, 0.25) is 0 Å². The first-order valence-electron chi connectivity index (χ1n) is 9.19. The third-order valence-corrected chi connectivity index (χ3v) is 5.44. The quantitative estimate of drug-likeness (QED) is 0.910. The first kappa shape index (κ1) is 16.0. The minimum Gasteiger partial charge on any atom is -0.310 e. The van der Waals surface area contributed by atoms with E-state index in [2.05, 4.69) is 48.5 Å². The highest BCUT2D eigenvalue weighted by atomic mass is 15.1. The third-order valence-electron chi connectivity index (χ3n) is 5.44. The molecule has 2 aliphatic rings. The molecule has 22 heavy (non-hydrogen) atoms. The Bertz CT molecular complexity index is 447. The lowest BCUT2D eigenvalue weighted by atomic mass is 9.87. The highest BCUT2D eigenvalue weighted by Gasteiger charge is 2.27. The summed E-state index contributed by atoms with van der Waals surface area (Å²) >= 11 is 0. The maximum atomic E-state index is 3.97. The predicted octanol–water partition coefficient (Wildman–Crippen LogP) is 3.78. The van der Waals surface area contributed by atoms with E-state index in [0.29, 0.717) is 6.04 Å². The molecule has 0 radical (unpaired) electrons. The van der Waals surface area contributed by atoms with Crippen molar-refractivity contribution in [2.24, 2.45) is 5.92 Å². The van der Waals surface area contributed by atoms with E-state index in [1.54, 1.807) is 0 Å². The summed E-state index contributed by atoms with van der Waals surface area (Å²) in [5.74, 6) is 0.794. The van der Waals surface area contributed by atoms with Crippen LogP contribution in [-0.2, 0) is 6.42 Å². The van der Waals surface area contributed by atoms with Gasteiger partial charge in [-0.1, -0.05) is 49.1 Å². The van der Waals surface area contributed by atoms with Gasteiger partial charge in [-0.3, -0.25) is 0 Å². The molecule has 1 heterocycles. The van der Waals surface area contributed by atoms with Crippen LogP contribution in [0.2, 0.25) is 0 Å². The zero-order valence-corrected chi connectivity index (χ0v) is 14.4. The molecule has 1 aromatic rings. The van der Waals surface area contributed by atoms with E-state index in [1.807, 2.05) is 0 Å². The van der Waals surface area contributed by atoms with Crippen LogP contribution in [0.4, 0.5) is 0 Å². The Morgan fingerprint density at radius 3 is 2.45 bits per heavy atom. The van der Waals surface area contributed by atoms with Gasteiger partial charge in [0.1, 0.15) is 0 Å². The smallest absolute Gasteiger partial charge is 0.0200 e. The third kappa shape index (κ3) is 4.57. The SMILES string of the molecule is Cc1ccc(CC2CC(NC3CCCCC3)CN(C)C2)cc1. The van der Waals surface area contributed by atoms with Gasteiger partial charge in [-0.2, -0.15) is 0 Å². The second-order valence-electron chi connectivity index (χ2n) is 7.71. The van der Waals surface area contributed by atoms with Gasteiger partial charge in [-0.25, -0.2) is 0 Å². The number of aryl methyl sites for hydroxylation is 1. The van der Waals surface area contributed by atoms with Crippen LogP contribution >= 0.6 is 0 Å². The summed E-state index contributed by atoms with van der Waals surface area (Å²) in [5, 5.41) is 3.97. The molecule has 1 saturated carbocycles. The molecule has 0 spiro atoms. The maximum Gasteiger partial charge on any atom is 0.0200 e. The summed E-state index contributed by atoms with van der Waals surface area (Å²) in [4.78, 5) is 2.53. The molecule has 0 aromatic heterocycles. The van der Waals surface area contributed by atoms with Crippen LogP contribution < -0.4 is 5.32 Å². The highest BCUT2D eigenvalue weighted by Crippen LogP contribution is 2.23. The van der Waals surface area contributed by atoms with Crippen molar-refractivity contribution in [3.63, 3.8) is 0 Å². The van der Waals surface area contributed by atoms with Crippen LogP contribution in [0.15, 0.2) is 24.3 Å². The van der Waals surface area contributed by atoms with Crippen LogP contribution in [0, 0.1) is 12.8 Å². The molecule has 3 rings (SSSR count). The highest BCUT2D eigenvalue weighted by molar-refractivity contribution is 5.21. The number of hydrogen-bond acceptors (Lipinski definition) is 2. The van der Waals surface area contributed by atoms with Crippen molar-refractivity contribution in [3.05, 3.63) is 35.4 Å². The lowest BCUT2D eigenvalue weighted by Gasteiger charge is -2.39. The molecule has 1 N–H and O–H groups in total. The van der Waals surface area contributed by atoms with Crippen molar-refractivity contribution in [2.45, 2.75) is 64.0 Å². The fourth-order valence-corrected chi connectivity index (χ4v) is 4.37. The van der Waals surface area contributed by atoms with Crippen molar-refractivity contribution in [2.75, 3.05) is 20.1 Å². The zero-order valence-electron chi connectivity index (χ0n) is 14.4. The van der Waals surface area contributed by atoms with E-state index in [-0.39, 0.29) is 0 Å². The number of rotatable bonds is 4. The fraction of sp³-hybridized carbons (Fsp3) is 0.700. The van der Waals surface area contributed by atoms with Crippen LogP contribution in [0.5, 0.6) is 0 Å². The van der Waals surface area contributed by atoms with Gasteiger partial charge in [0, 0.05) is 25.2 Å². The molecule has 1 aromatic carbocycles. The van der Waals surface area contributed by atoms with E-state index in [9.17, 15) is 0 Å². The molecule has 2 atom stereocenters. The molecule has 2 unspecified atom stereocenters. The molecular weight excluding hydrogens is 268 g/mol. The largest absolute Gasteiger partial charge is 0.310 e. The van der Waals surface area contributed by atoms with Crippen LogP contribution in [0.25, 0.3) is 0 Å². The van der Waals surface area contributed by atoms with E-state index in [4.69, 9.17) is 0 Å². The van der Waals surface area contributed by atoms with Crippen molar-refractivity contribution >= 4 is 0 Å². The molecule has 2 heteroatoms. The minimum absolute atomic E-state index is 0.692. The van der Waals surface area contributed by atoms with Crippen molar-refractivity contribution < 1.29 is 0 Å². The van der Waals surface area contributed by atoms with Crippen molar-refractivity contribution in [1.82, 2.24) is 10.2 Å². The lowest BCUT2D eigenvalue weighted by molar-refractivity contribution is 0.155. The number of nitrogens with zero attached hydrogens (tertiary/aromatic N) is 1. The summed E-state index contributed by atoms with van der Waals surface area (Å²) in [6.07, 6.45) is 9.65. The second-order valence-corrected chi connectivity index (χ2v) is 7.71. The van der Waals surface area contributed by atoms with E-state index >= 15 is 0 Å². The summed E-state index contributed by atoms with van der Waals surface area (Å²) < 4.78 is 0. The van der Waals surface area contributed by atoms with E-state index in [0.717, 1.165) is 12.0 Å². The number of likely N-dealkylation sites (tertiary alicyclic amines) is 1. The van der Waals surface area contributed by atoms with Gasteiger partial charge >= 0.3 is 0 Å². The van der Waals surface area contributed by atoms with Crippen LogP contribution in [0.3, 0.4) is 0 Å². The first-order valence-corrected chi connectivity index (χ1v) is 9.19. The molecule has 122 valence electrons. The first-order chi connectivity index (χ1) is 10.7. The topological polar surface area (TPSA) is 15.3 Å². The standard InChI is InChI=1S/C20H32N2/c1-16-8-10-17(11-9-16)12-18-13-20(15-22(2)14-18)21-19-6-4-3-5-7-19/h8-11,18-21H,3-7,12-15H2,1-2H3. The van der Waals surface area contributed by atoms with Crippen molar-refractivity contribution in [3.8, 4) is 0 Å². The normalized spacial score (nSPS) is 27.9. The lowest BCUT2D eigenvalue weighted by Crippen LogP contribution is -2.51. The molecule has 1 aliphatic carbocycles. The number of piperidine rings is 1. The molecule has 2 fully saturated rings. The number of likely N-dealkylation sites (N-methyl/N-ethyl adjacent to an activating group) is 1. The molecule has 1 saturated heterocycles. The Labute approximate surface area is 136 Å². The Morgan fingerprint density at radius 2 is 1.73 bits per heavy atom. The van der Waals surface area contributed by atoms with E-state index < -0.39 is 0 Å². The molecule has 0 bridgehead atoms. The summed E-state index contributed by atoms with van der Waals surface area (Å²) in [7, 11) is 2.29. The summed E-state index contributed by atoms with van der Waals surface area (Å²) in [6.45, 7) is 4.64. The zero-order chi connectivity index (χ0) is 15.4. The van der Waals surface area contributed by atoms with Gasteiger partial charge in [0.15, 0.2) is 0 Å². The Balaban J connectivity index is 1.54. The summed E-state index contributed by atoms with van der Waals surface area (Å²) in [6, 6.07) is 10.6. The Kier molecular flexibility index (Phi) is 5.54.